The minimum absolute atomic E-state index is 0.0607. The number of anilines is 1. The summed E-state index contributed by atoms with van der Waals surface area (Å²) < 4.78 is 0. The van der Waals surface area contributed by atoms with Gasteiger partial charge in [-0.15, -0.1) is 0 Å². The lowest BCUT2D eigenvalue weighted by Crippen LogP contribution is -2.46. The van der Waals surface area contributed by atoms with E-state index in [1.165, 1.54) is 24.0 Å². The first-order valence-corrected chi connectivity index (χ1v) is 11.1. The predicted octanol–water partition coefficient (Wildman–Crippen LogP) is 3.67. The molecule has 2 aliphatic heterocycles. The summed E-state index contributed by atoms with van der Waals surface area (Å²) in [6.45, 7) is 2.79. The first-order chi connectivity index (χ1) is 14.7. The van der Waals surface area contributed by atoms with Gasteiger partial charge in [0.25, 0.3) is 0 Å². The quantitative estimate of drug-likeness (QED) is 0.704. The van der Waals surface area contributed by atoms with Crippen molar-refractivity contribution in [2.24, 2.45) is 0 Å². The molecule has 158 valence electrons. The molecule has 30 heavy (non-hydrogen) atoms. The molecular formula is C25H31N3O2. The monoisotopic (exact) mass is 405 g/mol. The minimum Gasteiger partial charge on any atom is -0.355 e. The van der Waals surface area contributed by atoms with Gasteiger partial charge >= 0.3 is 0 Å². The van der Waals surface area contributed by atoms with Crippen molar-refractivity contribution in [1.82, 2.24) is 10.2 Å². The Kier molecular flexibility index (Phi) is 6.80. The zero-order valence-corrected chi connectivity index (χ0v) is 17.5. The van der Waals surface area contributed by atoms with Crippen molar-refractivity contribution >= 4 is 17.5 Å². The van der Waals surface area contributed by atoms with Gasteiger partial charge in [0, 0.05) is 31.2 Å². The van der Waals surface area contributed by atoms with Crippen LogP contribution in [-0.2, 0) is 29.0 Å². The normalized spacial score (nSPS) is 18.7. The second-order valence-corrected chi connectivity index (χ2v) is 8.48. The molecule has 1 fully saturated rings. The van der Waals surface area contributed by atoms with Gasteiger partial charge < -0.3 is 10.6 Å². The summed E-state index contributed by atoms with van der Waals surface area (Å²) >= 11 is 0. The average Bonchev–Trinajstić information content (AvgIpc) is 3.13. The third-order valence-electron chi connectivity index (χ3n) is 6.18. The average molecular weight is 406 g/mol. The summed E-state index contributed by atoms with van der Waals surface area (Å²) in [7, 11) is 0. The maximum absolute atomic E-state index is 12.4. The fourth-order valence-corrected chi connectivity index (χ4v) is 4.53. The molecule has 0 bridgehead atoms. The van der Waals surface area contributed by atoms with Gasteiger partial charge in [0.15, 0.2) is 0 Å². The van der Waals surface area contributed by atoms with Crippen LogP contribution in [0.1, 0.15) is 48.8 Å². The van der Waals surface area contributed by atoms with Crippen molar-refractivity contribution in [3.05, 3.63) is 65.2 Å². The SMILES string of the molecule is O=C(CCCc1ccc2c(c1)CC(=O)N2)NCC1CCCCN1Cc1ccccc1. The van der Waals surface area contributed by atoms with Crippen molar-refractivity contribution in [2.75, 3.05) is 18.4 Å². The van der Waals surface area contributed by atoms with E-state index < -0.39 is 0 Å². The van der Waals surface area contributed by atoms with Crippen molar-refractivity contribution < 1.29 is 9.59 Å². The van der Waals surface area contributed by atoms with Gasteiger partial charge in [0.05, 0.1) is 6.42 Å². The largest absolute Gasteiger partial charge is 0.355 e. The third-order valence-corrected chi connectivity index (χ3v) is 6.18. The molecule has 2 aliphatic rings. The number of rotatable bonds is 8. The van der Waals surface area contributed by atoms with Crippen LogP contribution in [0.2, 0.25) is 0 Å². The fourth-order valence-electron chi connectivity index (χ4n) is 4.53. The topological polar surface area (TPSA) is 61.4 Å². The Bertz CT molecular complexity index is 881. The van der Waals surface area contributed by atoms with E-state index in [1.807, 2.05) is 12.1 Å². The number of piperidine rings is 1. The first kappa shape index (κ1) is 20.6. The number of fused-ring (bicyclic) bond motifs is 1. The van der Waals surface area contributed by atoms with Crippen LogP contribution in [0.5, 0.6) is 0 Å². The van der Waals surface area contributed by atoms with E-state index in [2.05, 4.69) is 51.9 Å². The summed E-state index contributed by atoms with van der Waals surface area (Å²) in [6.07, 6.45) is 6.31. The van der Waals surface area contributed by atoms with Crippen molar-refractivity contribution in [2.45, 2.75) is 57.5 Å². The molecule has 5 heteroatoms. The lowest BCUT2D eigenvalue weighted by atomic mass is 10.0. The van der Waals surface area contributed by atoms with Gasteiger partial charge in [-0.3, -0.25) is 14.5 Å². The maximum Gasteiger partial charge on any atom is 0.228 e. The molecule has 2 aromatic carbocycles. The summed E-state index contributed by atoms with van der Waals surface area (Å²) in [5.41, 5.74) is 4.52. The molecular weight excluding hydrogens is 374 g/mol. The van der Waals surface area contributed by atoms with Crippen LogP contribution in [0.3, 0.4) is 0 Å². The number of aryl methyl sites for hydroxylation is 1. The van der Waals surface area contributed by atoms with E-state index >= 15 is 0 Å². The standard InChI is InChI=1S/C25H31N3O2/c29-24(11-6-9-19-12-13-23-21(15-19)16-25(30)27-23)26-17-22-10-4-5-14-28(22)18-20-7-2-1-3-8-20/h1-3,7-8,12-13,15,22H,4-6,9-11,14,16-18H2,(H,26,29)(H,27,30). The van der Waals surface area contributed by atoms with E-state index in [4.69, 9.17) is 0 Å². The highest BCUT2D eigenvalue weighted by atomic mass is 16.2. The lowest BCUT2D eigenvalue weighted by molar-refractivity contribution is -0.121. The van der Waals surface area contributed by atoms with Gasteiger partial charge in [-0.1, -0.05) is 48.9 Å². The van der Waals surface area contributed by atoms with Crippen LogP contribution in [-0.4, -0.2) is 35.8 Å². The fraction of sp³-hybridized carbons (Fsp3) is 0.440. The number of carbonyl (C=O) groups excluding carboxylic acids is 2. The molecule has 4 rings (SSSR count). The molecule has 1 atom stereocenters. The zero-order valence-electron chi connectivity index (χ0n) is 17.5. The molecule has 0 spiro atoms. The Morgan fingerprint density at radius 1 is 1.10 bits per heavy atom. The number of nitrogens with one attached hydrogen (secondary N) is 2. The second-order valence-electron chi connectivity index (χ2n) is 8.48. The highest BCUT2D eigenvalue weighted by Gasteiger charge is 2.23. The van der Waals surface area contributed by atoms with Crippen molar-refractivity contribution in [3.8, 4) is 0 Å². The molecule has 1 saturated heterocycles. The maximum atomic E-state index is 12.4. The number of nitrogens with zero attached hydrogens (tertiary/aromatic N) is 1. The van der Waals surface area contributed by atoms with Gasteiger partial charge in [0.1, 0.15) is 0 Å². The lowest BCUT2D eigenvalue weighted by Gasteiger charge is -2.36. The van der Waals surface area contributed by atoms with Crippen LogP contribution < -0.4 is 10.6 Å². The Balaban J connectivity index is 1.20. The number of hydrogen-bond acceptors (Lipinski definition) is 3. The molecule has 0 aromatic heterocycles. The molecule has 2 aromatic rings. The van der Waals surface area contributed by atoms with Gasteiger partial charge in [-0.2, -0.15) is 0 Å². The second kappa shape index (κ2) is 9.90. The minimum atomic E-state index is 0.0607. The Labute approximate surface area is 178 Å². The van der Waals surface area contributed by atoms with E-state index in [0.29, 0.717) is 18.9 Å². The van der Waals surface area contributed by atoms with E-state index in [9.17, 15) is 9.59 Å². The number of amides is 2. The highest BCUT2D eigenvalue weighted by Crippen LogP contribution is 2.24. The zero-order chi connectivity index (χ0) is 20.8. The number of likely N-dealkylation sites (tertiary alicyclic amines) is 1. The van der Waals surface area contributed by atoms with Gasteiger partial charge in [-0.25, -0.2) is 0 Å². The van der Waals surface area contributed by atoms with Crippen molar-refractivity contribution in [1.29, 1.82) is 0 Å². The van der Waals surface area contributed by atoms with E-state index in [0.717, 1.165) is 50.1 Å². The molecule has 1 unspecified atom stereocenters. The van der Waals surface area contributed by atoms with E-state index in [1.54, 1.807) is 0 Å². The van der Waals surface area contributed by atoms with Gasteiger partial charge in [-0.05, 0) is 55.0 Å². The molecule has 0 saturated carbocycles. The van der Waals surface area contributed by atoms with Crippen LogP contribution >= 0.6 is 0 Å². The summed E-state index contributed by atoms with van der Waals surface area (Å²) in [4.78, 5) is 26.4. The Hall–Kier alpha value is -2.66. The summed E-state index contributed by atoms with van der Waals surface area (Å²) in [6, 6.07) is 17.1. The van der Waals surface area contributed by atoms with Gasteiger partial charge in [0.2, 0.25) is 11.8 Å². The molecule has 0 aliphatic carbocycles. The smallest absolute Gasteiger partial charge is 0.228 e. The predicted molar refractivity (Wildman–Crippen MR) is 119 cm³/mol. The van der Waals surface area contributed by atoms with Crippen LogP contribution in [0.4, 0.5) is 5.69 Å². The number of hydrogen-bond donors (Lipinski definition) is 2. The number of carbonyl (C=O) groups is 2. The molecule has 2 heterocycles. The summed E-state index contributed by atoms with van der Waals surface area (Å²) in [5, 5.41) is 6.03. The van der Waals surface area contributed by atoms with Crippen molar-refractivity contribution in [3.63, 3.8) is 0 Å². The molecule has 5 nitrogen and oxygen atoms in total. The molecule has 0 radical (unpaired) electrons. The molecule has 2 N–H and O–H groups in total. The Morgan fingerprint density at radius 2 is 1.97 bits per heavy atom. The summed E-state index contributed by atoms with van der Waals surface area (Å²) in [5.74, 6) is 0.198. The highest BCUT2D eigenvalue weighted by molar-refractivity contribution is 5.99. The van der Waals surface area contributed by atoms with E-state index in [-0.39, 0.29) is 11.8 Å². The Morgan fingerprint density at radius 3 is 2.83 bits per heavy atom. The van der Waals surface area contributed by atoms with Crippen LogP contribution in [0, 0.1) is 0 Å². The van der Waals surface area contributed by atoms with Crippen LogP contribution in [0.15, 0.2) is 48.5 Å². The van der Waals surface area contributed by atoms with Crippen LogP contribution in [0.25, 0.3) is 0 Å². The number of benzene rings is 2. The first-order valence-electron chi connectivity index (χ1n) is 11.1. The third kappa shape index (κ3) is 5.48. The molecule has 2 amide bonds.